The molecule has 13 aromatic heterocycles. The van der Waals surface area contributed by atoms with Gasteiger partial charge in [0.15, 0.2) is 23.3 Å². The quantitative estimate of drug-likeness (QED) is 0.0403. The number of halogens is 1. The summed E-state index contributed by atoms with van der Waals surface area (Å²) in [7, 11) is 2.17. The molecule has 119 heavy (non-hydrogen) atoms. The van der Waals surface area contributed by atoms with E-state index in [0.717, 1.165) is 193 Å². The van der Waals surface area contributed by atoms with E-state index in [0.29, 0.717) is 35.7 Å². The molecule has 2 aliphatic carbocycles. The van der Waals surface area contributed by atoms with Crippen molar-refractivity contribution in [2.75, 3.05) is 80.7 Å². The minimum Gasteiger partial charge on any atom is -0.369 e. The molecule has 1 aliphatic heterocycles. The van der Waals surface area contributed by atoms with Crippen LogP contribution in [0.3, 0.4) is 0 Å². The third-order valence-corrected chi connectivity index (χ3v) is 25.2. The summed E-state index contributed by atoms with van der Waals surface area (Å²) in [6, 6.07) is 62.6. The van der Waals surface area contributed by atoms with Crippen LogP contribution in [0.5, 0.6) is 0 Å². The fraction of sp³-hybridized carbons (Fsp3) is 0.138. The van der Waals surface area contributed by atoms with Crippen molar-refractivity contribution in [3.63, 3.8) is 0 Å². The Morgan fingerprint density at radius 3 is 1.25 bits per heavy atom. The average molecular weight is 1710 g/mol. The summed E-state index contributed by atoms with van der Waals surface area (Å²) in [6.07, 6.45) is 14.4. The van der Waals surface area contributed by atoms with Gasteiger partial charge in [-0.2, -0.15) is 40.3 Å². The van der Waals surface area contributed by atoms with Gasteiger partial charge >= 0.3 is 0 Å². The highest BCUT2D eigenvalue weighted by atomic mass is 79.9. The van der Waals surface area contributed by atoms with Crippen LogP contribution in [0.4, 0.5) is 87.0 Å². The van der Waals surface area contributed by atoms with Crippen molar-refractivity contribution in [3.8, 4) is 0 Å². The minimum atomic E-state index is 0.237. The lowest BCUT2D eigenvalue weighted by atomic mass is 9.88. The van der Waals surface area contributed by atoms with Gasteiger partial charge in [-0.15, -0.1) is 45.3 Å². The van der Waals surface area contributed by atoms with E-state index in [2.05, 4.69) is 233 Å². The highest BCUT2D eigenvalue weighted by Crippen LogP contribution is 2.39. The number of hydrogen-bond donors (Lipinski definition) is 12. The average Bonchev–Trinajstić information content (AvgIpc) is 1.53. The summed E-state index contributed by atoms with van der Waals surface area (Å²) in [5.41, 5.74) is 19.4. The van der Waals surface area contributed by atoms with Gasteiger partial charge in [0.1, 0.15) is 5.82 Å². The first kappa shape index (κ1) is 74.2. The number of rotatable bonds is 17. The number of pyridine rings is 1. The largest absolute Gasteiger partial charge is 0.369 e. The van der Waals surface area contributed by atoms with Gasteiger partial charge in [0, 0.05) is 98.6 Å². The van der Waals surface area contributed by atoms with Gasteiger partial charge in [0.05, 0.1) is 93.8 Å². The number of aromatic amines is 4. The highest BCUT2D eigenvalue weighted by Gasteiger charge is 2.25. The van der Waals surface area contributed by atoms with E-state index in [9.17, 15) is 0 Å². The smallest absolute Gasteiger partial charge is 0.231 e. The second kappa shape index (κ2) is 33.2. The molecule has 3 aliphatic rings. The fourth-order valence-corrected chi connectivity index (χ4v) is 18.4. The number of fused-ring (bicyclic) bond motifs is 10. The highest BCUT2D eigenvalue weighted by molar-refractivity contribution is 9.10. The predicted molar refractivity (Wildman–Crippen MR) is 489 cm³/mol. The van der Waals surface area contributed by atoms with Gasteiger partial charge in [-0.1, -0.05) is 48.5 Å². The van der Waals surface area contributed by atoms with Gasteiger partial charge < -0.3 is 52.3 Å². The Morgan fingerprint density at radius 1 is 0.387 bits per heavy atom. The standard InChI is InChI=1S/C24H24N8S.C23H20N6S.C22H18N6S.C18H12BrN7S/c1-31-9-11-32(12-10-31)19-5-2-17(3-6-19)27-24-28-21-8-13-33-22(21)23(29-24)26-18-4-7-20-16(14-18)15-25-30-20;1-2-6-17-14(4-1)5-3-7-19(17)26-23-27-20-10-11-30-21(20)22(28-23)25-16-8-9-18-15(12-16)13-24-29-18;1-2-4-14-10-17(9-13(14)3-1)25-22-26-19-7-8-29-20(19)21(27-22)24-16-5-6-18-15(11-16)12-23-28-18;19-11-1-4-15(20-9-11)24-18-23-14-5-6-27-16(14)17(25-18)22-12-2-3-13-10(7-12)8-21-26-13/h2-8,13-15H,9-12H2,1H3,(H,25,30)(H2,26,27,28,29);1-2,4,6,8-13,19H,3,5,7H2,(H,24,29)(H2,25,26,27,28);1-8,11-12,17H,9-10H2,(H,23,28)(H2,24,25,26,27);1-9H,(H,21,26)(H2,20,22,23,24,25). The SMILES string of the molecule is Brc1ccc(Nc2nc(Nc3ccc4[nH]ncc4c3)c3sccc3n2)nc1.CN1CCN(c2ccc(Nc3nc(Nc4ccc5[nH]ncc5c4)c4sccc4n3)cc2)CC1.c1ccc2c(c1)CC(Nc1nc(Nc3ccc4[nH]ncc4c3)c3sccc3n1)C2.c1ccc2c(c1)CCCC2Nc1nc(Nc2ccc3[nH]ncc3c2)c2sccc2n1. The van der Waals surface area contributed by atoms with Crippen LogP contribution >= 0.6 is 61.3 Å². The minimum absolute atomic E-state index is 0.237. The van der Waals surface area contributed by atoms with E-state index in [1.54, 1.807) is 57.7 Å². The molecule has 23 rings (SSSR count). The number of benzene rings is 7. The Morgan fingerprint density at radius 2 is 0.798 bits per heavy atom. The Bertz CT molecular complexity index is 6980. The summed E-state index contributed by atoms with van der Waals surface area (Å²) < 4.78 is 5.04. The van der Waals surface area contributed by atoms with Gasteiger partial charge in [-0.05, 0) is 232 Å². The second-order valence-electron chi connectivity index (χ2n) is 29.1. The summed E-state index contributed by atoms with van der Waals surface area (Å²) in [5.74, 6) is 6.25. The Kier molecular flexibility index (Phi) is 20.7. The molecule has 20 aromatic rings. The number of H-pyrrole nitrogens is 4. The van der Waals surface area contributed by atoms with E-state index < -0.39 is 0 Å². The van der Waals surface area contributed by atoms with Crippen LogP contribution in [-0.2, 0) is 19.3 Å². The van der Waals surface area contributed by atoms with Gasteiger partial charge in [0.2, 0.25) is 23.8 Å². The molecule has 0 radical (unpaired) electrons. The molecule has 32 heteroatoms. The van der Waals surface area contributed by atoms with E-state index in [4.69, 9.17) is 29.9 Å². The lowest BCUT2D eigenvalue weighted by molar-refractivity contribution is 0.313. The molecule has 1 fully saturated rings. The number of nitrogens with zero attached hydrogens (tertiary/aromatic N) is 15. The maximum atomic E-state index is 4.86. The van der Waals surface area contributed by atoms with E-state index >= 15 is 0 Å². The monoisotopic (exact) mass is 1700 g/mol. The molecular weight excluding hydrogens is 1630 g/mol. The predicted octanol–water partition coefficient (Wildman–Crippen LogP) is 20.7. The number of thiophene rings is 4. The van der Waals surface area contributed by atoms with E-state index in [1.165, 1.54) is 34.4 Å². The molecule has 0 spiro atoms. The summed E-state index contributed by atoms with van der Waals surface area (Å²) in [4.78, 5) is 47.0. The third kappa shape index (κ3) is 16.6. The Hall–Kier alpha value is -13.6. The van der Waals surface area contributed by atoms with E-state index in [1.807, 2.05) is 120 Å². The van der Waals surface area contributed by atoms with Crippen LogP contribution in [0, 0.1) is 0 Å². The molecule has 27 nitrogen and oxygen atoms in total. The molecule has 12 N–H and O–H groups in total. The zero-order chi connectivity index (χ0) is 79.5. The molecule has 1 saturated heterocycles. The van der Waals surface area contributed by atoms with Gasteiger partial charge in [0.25, 0.3) is 0 Å². The maximum Gasteiger partial charge on any atom is 0.231 e. The number of nitrogens with one attached hydrogen (secondary N) is 12. The van der Waals surface area contributed by atoms with Crippen molar-refractivity contribution >= 4 is 233 Å². The second-order valence-corrected chi connectivity index (χ2v) is 33.6. The molecule has 1 atom stereocenters. The van der Waals surface area contributed by atoms with Crippen molar-refractivity contribution < 1.29 is 0 Å². The van der Waals surface area contributed by atoms with Gasteiger partial charge in [-0.3, -0.25) is 20.4 Å². The molecule has 1 unspecified atom stereocenters. The molecular formula is C87H74BrN27S4. The van der Waals surface area contributed by atoms with Crippen molar-refractivity contribution in [1.82, 2.24) is 90.5 Å². The molecule has 588 valence electrons. The van der Waals surface area contributed by atoms with Crippen LogP contribution in [0.15, 0.2) is 239 Å². The van der Waals surface area contributed by atoms with E-state index in [-0.39, 0.29) is 6.04 Å². The fourth-order valence-electron chi connectivity index (χ4n) is 15.1. The first-order chi connectivity index (χ1) is 58.6. The number of likely N-dealkylation sites (N-methyl/N-ethyl adjacent to an activating group) is 1. The zero-order valence-electron chi connectivity index (χ0n) is 63.8. The Labute approximate surface area is 704 Å². The molecule has 0 amide bonds. The first-order valence-corrected chi connectivity index (χ1v) is 43.1. The number of anilines is 15. The van der Waals surface area contributed by atoms with Gasteiger partial charge in [-0.25, -0.2) is 24.9 Å². The number of hydrogen-bond acceptors (Lipinski definition) is 27. The number of piperazine rings is 1. The molecule has 0 bridgehead atoms. The molecule has 7 aromatic carbocycles. The zero-order valence-corrected chi connectivity index (χ0v) is 68.6. The molecule has 14 heterocycles. The normalized spacial score (nSPS) is 14.0. The van der Waals surface area contributed by atoms with Crippen LogP contribution in [0.1, 0.15) is 41.1 Å². The maximum absolute atomic E-state index is 4.86. The molecule has 0 saturated carbocycles. The summed E-state index contributed by atoms with van der Waals surface area (Å²) in [6.45, 7) is 4.30. The number of aromatic nitrogens is 17. The summed E-state index contributed by atoms with van der Waals surface area (Å²) >= 11 is 9.91. The lowest BCUT2D eigenvalue weighted by Gasteiger charge is -2.34. The van der Waals surface area contributed by atoms with Crippen molar-refractivity contribution in [2.24, 2.45) is 0 Å². The van der Waals surface area contributed by atoms with Crippen molar-refractivity contribution in [2.45, 2.75) is 44.2 Å². The van der Waals surface area contributed by atoms with Crippen molar-refractivity contribution in [1.29, 1.82) is 0 Å². The van der Waals surface area contributed by atoms with Crippen LogP contribution in [0.25, 0.3) is 84.5 Å². The Balaban J connectivity index is 0.000000102. The first-order valence-electron chi connectivity index (χ1n) is 38.8. The number of aryl methyl sites for hydroxylation is 1. The lowest BCUT2D eigenvalue weighted by Crippen LogP contribution is -2.44. The third-order valence-electron chi connectivity index (χ3n) is 21.0. The van der Waals surface area contributed by atoms with Crippen LogP contribution in [-0.4, -0.2) is 130 Å². The van der Waals surface area contributed by atoms with Crippen molar-refractivity contribution in [3.05, 3.63) is 261 Å². The topological polar surface area (TPSA) is 333 Å². The summed E-state index contributed by atoms with van der Waals surface area (Å²) in [5, 5.41) is 68.1. The van der Waals surface area contributed by atoms with Crippen LogP contribution in [0.2, 0.25) is 0 Å². The van der Waals surface area contributed by atoms with Crippen LogP contribution < -0.4 is 47.4 Å².